The Morgan fingerprint density at radius 1 is 1.19 bits per heavy atom. The van der Waals surface area contributed by atoms with Crippen LogP contribution in [0.25, 0.3) is 0 Å². The molecule has 0 amide bonds. The van der Waals surface area contributed by atoms with E-state index in [1.807, 2.05) is 12.1 Å². The number of methoxy groups -OCH3 is 1. The SMILES string of the molecule is CNc1ccc([N+](=O)[O-])cc1COc1cccc(OC)c1. The molecule has 0 bridgehead atoms. The highest BCUT2D eigenvalue weighted by Crippen LogP contribution is 2.25. The summed E-state index contributed by atoms with van der Waals surface area (Å²) < 4.78 is 10.8. The highest BCUT2D eigenvalue weighted by molar-refractivity contribution is 5.55. The Kier molecular flexibility index (Phi) is 4.61. The van der Waals surface area contributed by atoms with Crippen LogP contribution in [0.4, 0.5) is 11.4 Å². The van der Waals surface area contributed by atoms with E-state index in [4.69, 9.17) is 9.47 Å². The van der Waals surface area contributed by atoms with Crippen LogP contribution in [-0.4, -0.2) is 19.1 Å². The van der Waals surface area contributed by atoms with E-state index in [9.17, 15) is 10.1 Å². The molecule has 0 aliphatic rings. The van der Waals surface area contributed by atoms with Crippen molar-refractivity contribution < 1.29 is 14.4 Å². The van der Waals surface area contributed by atoms with E-state index in [1.165, 1.54) is 12.1 Å². The summed E-state index contributed by atoms with van der Waals surface area (Å²) in [7, 11) is 3.34. The summed E-state index contributed by atoms with van der Waals surface area (Å²) in [6.07, 6.45) is 0. The lowest BCUT2D eigenvalue weighted by molar-refractivity contribution is -0.384. The average Bonchev–Trinajstić information content (AvgIpc) is 2.52. The molecular formula is C15H16N2O4. The number of nitro groups is 1. The van der Waals surface area contributed by atoms with Crippen molar-refractivity contribution in [2.75, 3.05) is 19.5 Å². The number of hydrogen-bond acceptors (Lipinski definition) is 5. The van der Waals surface area contributed by atoms with Crippen molar-refractivity contribution in [1.29, 1.82) is 0 Å². The molecule has 6 heteroatoms. The van der Waals surface area contributed by atoms with Crippen molar-refractivity contribution in [1.82, 2.24) is 0 Å². The van der Waals surface area contributed by atoms with E-state index in [0.717, 1.165) is 11.3 Å². The standard InChI is InChI=1S/C15H16N2O4/c1-16-15-7-6-12(17(18)19)8-11(15)10-21-14-5-3-4-13(9-14)20-2/h3-9,16H,10H2,1-2H3. The third kappa shape index (κ3) is 3.62. The number of hydrogen-bond donors (Lipinski definition) is 1. The molecule has 0 heterocycles. The zero-order chi connectivity index (χ0) is 15.2. The Balaban J connectivity index is 2.17. The molecule has 2 aromatic carbocycles. The lowest BCUT2D eigenvalue weighted by Gasteiger charge is -2.11. The Bertz CT molecular complexity index is 643. The first-order valence-electron chi connectivity index (χ1n) is 6.36. The third-order valence-electron chi connectivity index (χ3n) is 3.00. The molecule has 0 spiro atoms. The number of ether oxygens (including phenoxy) is 2. The molecule has 0 atom stereocenters. The molecule has 0 radical (unpaired) electrons. The molecule has 1 N–H and O–H groups in total. The van der Waals surface area contributed by atoms with Crippen molar-refractivity contribution in [3.05, 3.63) is 58.1 Å². The van der Waals surface area contributed by atoms with E-state index in [-0.39, 0.29) is 12.3 Å². The summed E-state index contributed by atoms with van der Waals surface area (Å²) in [6, 6.07) is 11.8. The normalized spacial score (nSPS) is 10.0. The largest absolute Gasteiger partial charge is 0.497 e. The molecule has 0 aromatic heterocycles. The van der Waals surface area contributed by atoms with Gasteiger partial charge in [-0.25, -0.2) is 0 Å². The minimum atomic E-state index is -0.422. The number of nitrogens with zero attached hydrogens (tertiary/aromatic N) is 1. The molecule has 0 saturated heterocycles. The molecule has 2 aromatic rings. The van der Waals surface area contributed by atoms with Crippen LogP contribution in [0, 0.1) is 10.1 Å². The smallest absolute Gasteiger partial charge is 0.269 e. The minimum absolute atomic E-state index is 0.0400. The first-order chi connectivity index (χ1) is 10.1. The quantitative estimate of drug-likeness (QED) is 0.652. The monoisotopic (exact) mass is 288 g/mol. The van der Waals surface area contributed by atoms with E-state index >= 15 is 0 Å². The molecule has 0 saturated carbocycles. The van der Waals surface area contributed by atoms with Gasteiger partial charge in [0.2, 0.25) is 0 Å². The molecule has 0 aliphatic heterocycles. The Hall–Kier alpha value is -2.76. The Morgan fingerprint density at radius 3 is 2.62 bits per heavy atom. The summed E-state index contributed by atoms with van der Waals surface area (Å²) in [5.41, 5.74) is 1.55. The summed E-state index contributed by atoms with van der Waals surface area (Å²) in [5.74, 6) is 1.34. The average molecular weight is 288 g/mol. The van der Waals surface area contributed by atoms with E-state index in [2.05, 4.69) is 5.32 Å². The van der Waals surface area contributed by atoms with Gasteiger partial charge < -0.3 is 14.8 Å². The fourth-order valence-electron chi connectivity index (χ4n) is 1.91. The van der Waals surface area contributed by atoms with Gasteiger partial charge in [0.05, 0.1) is 12.0 Å². The van der Waals surface area contributed by atoms with Gasteiger partial charge in [-0.3, -0.25) is 10.1 Å². The third-order valence-corrected chi connectivity index (χ3v) is 3.00. The predicted molar refractivity (Wildman–Crippen MR) is 80.0 cm³/mol. The second-order valence-corrected chi connectivity index (χ2v) is 4.32. The number of non-ortho nitro benzene ring substituents is 1. The number of anilines is 1. The van der Waals surface area contributed by atoms with Gasteiger partial charge in [-0.15, -0.1) is 0 Å². The predicted octanol–water partition coefficient (Wildman–Crippen LogP) is 3.22. The molecule has 0 aliphatic carbocycles. The van der Waals surface area contributed by atoms with Crippen LogP contribution < -0.4 is 14.8 Å². The van der Waals surface area contributed by atoms with Gasteiger partial charge in [-0.1, -0.05) is 6.07 Å². The second-order valence-electron chi connectivity index (χ2n) is 4.32. The van der Waals surface area contributed by atoms with Gasteiger partial charge in [-0.05, 0) is 18.2 Å². The highest BCUT2D eigenvalue weighted by Gasteiger charge is 2.10. The molecule has 6 nitrogen and oxygen atoms in total. The zero-order valence-corrected chi connectivity index (χ0v) is 11.8. The van der Waals surface area contributed by atoms with Crippen LogP contribution >= 0.6 is 0 Å². The van der Waals surface area contributed by atoms with Gasteiger partial charge in [0.15, 0.2) is 0 Å². The Labute approximate surface area is 122 Å². The van der Waals surface area contributed by atoms with Crippen molar-refractivity contribution in [3.8, 4) is 11.5 Å². The number of benzene rings is 2. The van der Waals surface area contributed by atoms with Crippen molar-refractivity contribution in [3.63, 3.8) is 0 Å². The van der Waals surface area contributed by atoms with Gasteiger partial charge in [0.1, 0.15) is 18.1 Å². The van der Waals surface area contributed by atoms with Crippen LogP contribution in [0.5, 0.6) is 11.5 Å². The summed E-state index contributed by atoms with van der Waals surface area (Å²) >= 11 is 0. The van der Waals surface area contributed by atoms with Crippen LogP contribution in [0.2, 0.25) is 0 Å². The van der Waals surface area contributed by atoms with E-state index in [0.29, 0.717) is 11.5 Å². The summed E-state index contributed by atoms with van der Waals surface area (Å²) in [4.78, 5) is 10.4. The fourth-order valence-corrected chi connectivity index (χ4v) is 1.91. The van der Waals surface area contributed by atoms with Crippen molar-refractivity contribution >= 4 is 11.4 Å². The van der Waals surface area contributed by atoms with Crippen molar-refractivity contribution in [2.24, 2.45) is 0 Å². The second kappa shape index (κ2) is 6.60. The van der Waals surface area contributed by atoms with Crippen molar-refractivity contribution in [2.45, 2.75) is 6.61 Å². The Morgan fingerprint density at radius 2 is 1.95 bits per heavy atom. The number of rotatable bonds is 6. The molecule has 0 unspecified atom stereocenters. The molecule has 110 valence electrons. The summed E-state index contributed by atoms with van der Waals surface area (Å²) in [6.45, 7) is 0.227. The molecule has 2 rings (SSSR count). The van der Waals surface area contributed by atoms with Gasteiger partial charge in [-0.2, -0.15) is 0 Å². The number of nitro benzene ring substituents is 1. The maximum atomic E-state index is 10.8. The topological polar surface area (TPSA) is 73.6 Å². The van der Waals surface area contributed by atoms with E-state index < -0.39 is 4.92 Å². The molecular weight excluding hydrogens is 272 g/mol. The van der Waals surface area contributed by atoms with Crippen LogP contribution in [0.1, 0.15) is 5.56 Å². The highest BCUT2D eigenvalue weighted by atomic mass is 16.6. The summed E-state index contributed by atoms with van der Waals surface area (Å²) in [5, 5.41) is 13.8. The minimum Gasteiger partial charge on any atom is -0.497 e. The number of nitrogens with one attached hydrogen (secondary N) is 1. The molecule has 21 heavy (non-hydrogen) atoms. The first kappa shape index (κ1) is 14.6. The van der Waals surface area contributed by atoms with Crippen LogP contribution in [0.15, 0.2) is 42.5 Å². The lowest BCUT2D eigenvalue weighted by Crippen LogP contribution is -2.02. The lowest BCUT2D eigenvalue weighted by atomic mass is 10.1. The zero-order valence-electron chi connectivity index (χ0n) is 11.8. The van der Waals surface area contributed by atoms with Gasteiger partial charge >= 0.3 is 0 Å². The maximum absolute atomic E-state index is 10.8. The van der Waals surface area contributed by atoms with Crippen LogP contribution in [-0.2, 0) is 6.61 Å². The maximum Gasteiger partial charge on any atom is 0.269 e. The first-order valence-corrected chi connectivity index (χ1v) is 6.36. The van der Waals surface area contributed by atoms with Gasteiger partial charge in [0, 0.05) is 36.5 Å². The fraction of sp³-hybridized carbons (Fsp3) is 0.200. The molecule has 0 fully saturated rings. The van der Waals surface area contributed by atoms with Gasteiger partial charge in [0.25, 0.3) is 5.69 Å². The van der Waals surface area contributed by atoms with Crippen LogP contribution in [0.3, 0.4) is 0 Å². The van der Waals surface area contributed by atoms with E-state index in [1.54, 1.807) is 32.4 Å².